The van der Waals surface area contributed by atoms with Crippen LogP contribution in [0, 0.1) is 17.3 Å². The first-order valence-corrected chi connectivity index (χ1v) is 28.0. The second kappa shape index (κ2) is 25.7. The van der Waals surface area contributed by atoms with Crippen molar-refractivity contribution in [3.8, 4) is 17.1 Å². The second-order valence-electron chi connectivity index (χ2n) is 21.5. The lowest BCUT2D eigenvalue weighted by Gasteiger charge is -2.31. The number of rotatable bonds is 27. The summed E-state index contributed by atoms with van der Waals surface area (Å²) in [6.45, 7) is 8.20. The zero-order chi connectivity index (χ0) is 58.2. The van der Waals surface area contributed by atoms with Crippen molar-refractivity contribution in [1.29, 1.82) is 0 Å². The van der Waals surface area contributed by atoms with Crippen LogP contribution in [0.25, 0.3) is 22.3 Å². The highest BCUT2D eigenvalue weighted by molar-refractivity contribution is 6.04. The smallest absolute Gasteiger partial charge is 0.343 e. The van der Waals surface area contributed by atoms with Crippen LogP contribution in [-0.4, -0.2) is 118 Å². The van der Waals surface area contributed by atoms with Crippen molar-refractivity contribution in [2.75, 3.05) is 32.9 Å². The lowest BCUT2D eigenvalue weighted by molar-refractivity contribution is -0.172. The molecule has 8 rings (SSSR count). The number of esters is 2. The Hall–Kier alpha value is -7.85. The molecule has 2 fully saturated rings. The minimum absolute atomic E-state index is 0.0185. The van der Waals surface area contributed by atoms with Gasteiger partial charge < -0.3 is 50.5 Å². The Balaban J connectivity index is 0.774. The fraction of sp³-hybridized carbons (Fsp3) is 0.508. The first-order valence-electron chi connectivity index (χ1n) is 28.0. The van der Waals surface area contributed by atoms with Crippen molar-refractivity contribution in [3.63, 3.8) is 0 Å². The topological polar surface area (TPSA) is 300 Å². The number of likely N-dealkylation sites (tertiary alicyclic amines) is 1. The van der Waals surface area contributed by atoms with Crippen molar-refractivity contribution in [2.45, 2.75) is 143 Å². The van der Waals surface area contributed by atoms with Gasteiger partial charge in [-0.3, -0.25) is 43.3 Å². The van der Waals surface area contributed by atoms with Crippen LogP contribution in [0.4, 0.5) is 0 Å². The molecule has 22 heteroatoms. The van der Waals surface area contributed by atoms with Crippen LogP contribution < -0.4 is 36.9 Å². The van der Waals surface area contributed by atoms with Gasteiger partial charge in [-0.1, -0.05) is 71.4 Å². The molecule has 0 bridgehead atoms. The summed E-state index contributed by atoms with van der Waals surface area (Å²) in [6.07, 6.45) is 4.57. The third-order valence-corrected chi connectivity index (χ3v) is 16.4. The Bertz CT molecular complexity index is 3170. The molecule has 6 N–H and O–H groups in total. The number of fused-ring (bicyclic) bond motifs is 5. The highest BCUT2D eigenvalue weighted by atomic mass is 16.6. The summed E-state index contributed by atoms with van der Waals surface area (Å²) in [6, 6.07) is 14.4. The fourth-order valence-electron chi connectivity index (χ4n) is 10.9. The lowest BCUT2D eigenvalue weighted by Crippen LogP contribution is -2.52. The molecule has 81 heavy (non-hydrogen) atoms. The van der Waals surface area contributed by atoms with E-state index in [9.17, 15) is 53.1 Å². The molecule has 1 aliphatic carbocycles. The molecule has 3 aliphatic heterocycles. The summed E-state index contributed by atoms with van der Waals surface area (Å²) >= 11 is 0. The number of aromatic nitrogens is 2. The van der Waals surface area contributed by atoms with Gasteiger partial charge in [0.05, 0.1) is 54.6 Å². The van der Waals surface area contributed by atoms with Gasteiger partial charge in [-0.25, -0.2) is 14.6 Å². The van der Waals surface area contributed by atoms with Crippen LogP contribution in [0.3, 0.4) is 0 Å². The van der Waals surface area contributed by atoms with Gasteiger partial charge in [0.25, 0.3) is 5.56 Å². The standard InChI is InChI=1S/C59H72N8O14/c1-6-37-38-25-36(21-22-43(38)65-51-39(37)31-67-45(51)26-41-40(54(67)74)32-79-57(77)59(41,78)9-4)81-56(76)52(35-19-20-35)80-33-63-48(70)29-62-53(73)44(24-34-16-12-10-13-17-34)64-49(71)30-61-47(69)28-60-46(68)18-14-11-15-23-66-50(72)27-42(55(66)75)58(5,7-2)8-3/h10,12-13,16-17,21-22,25-26,35,42,44,52,78H,6-9,11,14-15,18-20,23-24,27-33H2,1-5H3,(H,60,68)(H,61,69)(H,62,73)(H,63,70)(H,64,71)/t42?,44-,52?,59?/m0/s1. The second-order valence-corrected chi connectivity index (χ2v) is 21.5. The normalized spacial score (nSPS) is 18.0. The molecule has 4 atom stereocenters. The van der Waals surface area contributed by atoms with Crippen molar-refractivity contribution in [1.82, 2.24) is 41.0 Å². The Morgan fingerprint density at radius 1 is 0.840 bits per heavy atom. The maximum absolute atomic E-state index is 13.8. The van der Waals surface area contributed by atoms with Crippen LogP contribution in [0.5, 0.6) is 5.75 Å². The van der Waals surface area contributed by atoms with Crippen molar-refractivity contribution in [3.05, 3.63) is 92.8 Å². The maximum atomic E-state index is 13.8. The maximum Gasteiger partial charge on any atom is 0.343 e. The van der Waals surface area contributed by atoms with E-state index in [4.69, 9.17) is 19.2 Å². The SMILES string of the molecule is CCc1c2c(nc3ccc(OC(=O)C(OCNC(=O)CNC(=O)[C@H](Cc4ccccc4)NC(=O)CNC(=O)CNC(=O)CCCCCN4C(=O)CC(C(C)(CC)CC)C4=O)C4CC4)cc13)-c1cc3c(c(=O)n1C2)COC(=O)C3(O)CC. The van der Waals surface area contributed by atoms with E-state index in [1.54, 1.807) is 66.1 Å². The summed E-state index contributed by atoms with van der Waals surface area (Å²) < 4.78 is 18.5. The Labute approximate surface area is 468 Å². The minimum atomic E-state index is -1.96. The summed E-state index contributed by atoms with van der Waals surface area (Å²) in [5.74, 6) is -5.04. The van der Waals surface area contributed by atoms with Crippen molar-refractivity contribution in [2.24, 2.45) is 17.3 Å². The molecule has 4 aromatic rings. The number of nitrogens with one attached hydrogen (secondary N) is 5. The number of imide groups is 1. The molecule has 2 aromatic carbocycles. The first kappa shape index (κ1) is 59.3. The Morgan fingerprint density at radius 2 is 1.54 bits per heavy atom. The number of pyridine rings is 2. The van der Waals surface area contributed by atoms with Crippen LogP contribution in [0.2, 0.25) is 0 Å². The van der Waals surface area contributed by atoms with Gasteiger partial charge in [-0.2, -0.15) is 0 Å². The zero-order valence-electron chi connectivity index (χ0n) is 46.5. The number of carbonyl (C=O) groups is 9. The average Bonchev–Trinajstić information content (AvgIpc) is 4.40. The van der Waals surface area contributed by atoms with Crippen molar-refractivity contribution < 1.29 is 62.5 Å². The predicted molar refractivity (Wildman–Crippen MR) is 293 cm³/mol. The van der Waals surface area contributed by atoms with Gasteiger partial charge >= 0.3 is 11.9 Å². The molecular weight excluding hydrogens is 1040 g/mol. The van der Waals surface area contributed by atoms with E-state index in [0.717, 1.165) is 24.0 Å². The minimum Gasteiger partial charge on any atom is -0.458 e. The highest BCUT2D eigenvalue weighted by Gasteiger charge is 2.48. The van der Waals surface area contributed by atoms with E-state index in [2.05, 4.69) is 26.6 Å². The Morgan fingerprint density at radius 3 is 2.25 bits per heavy atom. The predicted octanol–water partition coefficient (Wildman–Crippen LogP) is 3.25. The number of unbranched alkanes of at least 4 members (excludes halogenated alkanes) is 2. The largest absolute Gasteiger partial charge is 0.458 e. The summed E-state index contributed by atoms with van der Waals surface area (Å²) in [4.78, 5) is 137. The number of hydrogen-bond acceptors (Lipinski definition) is 15. The first-order chi connectivity index (χ1) is 38.8. The van der Waals surface area contributed by atoms with E-state index in [1.165, 1.54) is 4.90 Å². The third-order valence-electron chi connectivity index (χ3n) is 16.4. The molecule has 2 aromatic heterocycles. The number of cyclic esters (lactones) is 1. The number of ether oxygens (including phenoxy) is 3. The van der Waals surface area contributed by atoms with E-state index < -0.39 is 72.9 Å². The van der Waals surface area contributed by atoms with Crippen LogP contribution in [0.1, 0.15) is 127 Å². The molecular formula is C59H72N8O14. The van der Waals surface area contributed by atoms with Gasteiger partial charge in [0.1, 0.15) is 25.1 Å². The number of carbonyl (C=O) groups excluding carboxylic acids is 9. The number of aliphatic hydroxyl groups is 1. The van der Waals surface area contributed by atoms with Gasteiger partial charge in [-0.15, -0.1) is 0 Å². The van der Waals surface area contributed by atoms with Crippen LogP contribution >= 0.6 is 0 Å². The number of benzene rings is 2. The van der Waals surface area contributed by atoms with E-state index in [1.807, 2.05) is 27.7 Å². The van der Waals surface area contributed by atoms with E-state index in [-0.39, 0.29) is 103 Å². The van der Waals surface area contributed by atoms with Gasteiger partial charge in [0.2, 0.25) is 41.4 Å². The molecule has 1 saturated heterocycles. The van der Waals surface area contributed by atoms with E-state index in [0.29, 0.717) is 72.9 Å². The molecule has 22 nitrogen and oxygen atoms in total. The molecule has 4 aliphatic rings. The Kier molecular flexibility index (Phi) is 18.8. The van der Waals surface area contributed by atoms with Gasteiger partial charge in [-0.05, 0) is 98.1 Å². The summed E-state index contributed by atoms with van der Waals surface area (Å²) in [5, 5.41) is 24.6. The molecule has 5 heterocycles. The molecule has 3 unspecified atom stereocenters. The molecule has 7 amide bonds. The number of hydrogen-bond donors (Lipinski definition) is 6. The fourth-order valence-corrected chi connectivity index (χ4v) is 10.9. The third kappa shape index (κ3) is 13.3. The molecule has 1 saturated carbocycles. The average molecular weight is 1120 g/mol. The van der Waals surface area contributed by atoms with Crippen LogP contribution in [0.15, 0.2) is 59.4 Å². The number of amides is 7. The molecule has 0 radical (unpaired) electrons. The summed E-state index contributed by atoms with van der Waals surface area (Å²) in [5.41, 5.74) is 1.87. The van der Waals surface area contributed by atoms with Gasteiger partial charge in [0, 0.05) is 42.3 Å². The van der Waals surface area contributed by atoms with Crippen molar-refractivity contribution >= 4 is 64.2 Å². The zero-order valence-corrected chi connectivity index (χ0v) is 46.5. The molecule has 0 spiro atoms. The summed E-state index contributed by atoms with van der Waals surface area (Å²) in [7, 11) is 0. The molecule has 432 valence electrons. The number of aryl methyl sites for hydroxylation is 1. The number of nitrogens with zero attached hydrogens (tertiary/aromatic N) is 3. The monoisotopic (exact) mass is 1120 g/mol. The van der Waals surface area contributed by atoms with Crippen LogP contribution in [-0.2, 0) is 84.2 Å². The lowest BCUT2D eigenvalue weighted by atomic mass is 9.72. The van der Waals surface area contributed by atoms with Gasteiger partial charge in [0.15, 0.2) is 11.7 Å². The quantitative estimate of drug-likeness (QED) is 0.0145. The highest BCUT2D eigenvalue weighted by Crippen LogP contribution is 2.43. The van der Waals surface area contributed by atoms with E-state index >= 15 is 0 Å².